The van der Waals surface area contributed by atoms with Crippen molar-refractivity contribution in [2.75, 3.05) is 6.61 Å². The fourth-order valence-corrected chi connectivity index (χ4v) is 4.37. The SMILES string of the molecule is O=C(O)CCOC(=O)C(c1ccc(-c2ccc(C(F)(F)F)cc2C(F)(F)F)nn1)n1ccc2nc(-c3ccccc3F)nc-2c1. The molecule has 0 spiro atoms. The van der Waals surface area contributed by atoms with Gasteiger partial charge < -0.3 is 14.4 Å². The predicted molar refractivity (Wildman–Crippen MR) is 141 cm³/mol. The van der Waals surface area contributed by atoms with Gasteiger partial charge in [0.1, 0.15) is 18.1 Å². The van der Waals surface area contributed by atoms with Crippen LogP contribution < -0.4 is 0 Å². The van der Waals surface area contributed by atoms with Crippen molar-refractivity contribution >= 4 is 11.9 Å². The molecular formula is C29H18F7N5O4. The van der Waals surface area contributed by atoms with E-state index in [1.807, 2.05) is 0 Å². The van der Waals surface area contributed by atoms with E-state index in [1.165, 1.54) is 41.2 Å². The van der Waals surface area contributed by atoms with Crippen molar-refractivity contribution in [2.24, 2.45) is 0 Å². The van der Waals surface area contributed by atoms with E-state index < -0.39 is 71.6 Å². The lowest BCUT2D eigenvalue weighted by Crippen LogP contribution is -2.25. The number of carbonyl (C=O) groups excluding carboxylic acids is 1. The van der Waals surface area contributed by atoms with E-state index in [0.29, 0.717) is 17.8 Å². The van der Waals surface area contributed by atoms with Crippen LogP contribution in [0.25, 0.3) is 34.0 Å². The number of alkyl halides is 6. The maximum Gasteiger partial charge on any atom is 0.417 e. The lowest BCUT2D eigenvalue weighted by atomic mass is 10.00. The number of hydrogen-bond acceptors (Lipinski definition) is 7. The largest absolute Gasteiger partial charge is 0.481 e. The quantitative estimate of drug-likeness (QED) is 0.156. The number of benzene rings is 2. The highest BCUT2D eigenvalue weighted by atomic mass is 19.4. The molecule has 16 heteroatoms. The summed E-state index contributed by atoms with van der Waals surface area (Å²) in [6, 6.07) is 8.99. The summed E-state index contributed by atoms with van der Waals surface area (Å²) in [5.41, 5.74) is -3.73. The maximum absolute atomic E-state index is 14.3. The summed E-state index contributed by atoms with van der Waals surface area (Å²) in [5.74, 6) is -2.77. The van der Waals surface area contributed by atoms with Crippen molar-refractivity contribution in [3.63, 3.8) is 0 Å². The monoisotopic (exact) mass is 633 g/mol. The first-order valence-corrected chi connectivity index (χ1v) is 12.8. The number of halogens is 7. The molecule has 1 aromatic heterocycles. The van der Waals surface area contributed by atoms with E-state index in [0.717, 1.165) is 12.1 Å². The minimum Gasteiger partial charge on any atom is -0.481 e. The Hall–Kier alpha value is -5.41. The number of carbonyl (C=O) groups is 2. The Kier molecular flexibility index (Phi) is 8.23. The second kappa shape index (κ2) is 11.9. The summed E-state index contributed by atoms with van der Waals surface area (Å²) in [7, 11) is 0. The molecule has 5 rings (SSSR count). The zero-order chi connectivity index (χ0) is 32.5. The Balaban J connectivity index is 1.54. The van der Waals surface area contributed by atoms with Gasteiger partial charge in [-0.1, -0.05) is 18.2 Å². The lowest BCUT2D eigenvalue weighted by Gasteiger charge is -2.20. The number of rotatable bonds is 8. The van der Waals surface area contributed by atoms with Crippen LogP contribution in [0.1, 0.15) is 29.3 Å². The van der Waals surface area contributed by atoms with Crippen LogP contribution in [0.2, 0.25) is 0 Å². The maximum atomic E-state index is 14.3. The van der Waals surface area contributed by atoms with E-state index in [9.17, 15) is 40.3 Å². The van der Waals surface area contributed by atoms with Crippen LogP contribution in [0.5, 0.6) is 0 Å². The molecule has 0 saturated carbocycles. The van der Waals surface area contributed by atoms with Crippen molar-refractivity contribution in [1.82, 2.24) is 24.7 Å². The van der Waals surface area contributed by atoms with E-state index in [1.54, 1.807) is 6.07 Å². The molecule has 0 fully saturated rings. The van der Waals surface area contributed by atoms with Gasteiger partial charge in [-0.25, -0.2) is 19.2 Å². The molecule has 0 saturated heterocycles. The molecule has 232 valence electrons. The Morgan fingerprint density at radius 2 is 1.58 bits per heavy atom. The average Bonchev–Trinajstić information content (AvgIpc) is 3.40. The molecule has 0 bridgehead atoms. The van der Waals surface area contributed by atoms with Crippen LogP contribution in [-0.2, 0) is 26.7 Å². The number of hydrogen-bond donors (Lipinski definition) is 1. The molecule has 2 aliphatic rings. The molecule has 0 amide bonds. The first-order chi connectivity index (χ1) is 21.2. The molecular weight excluding hydrogens is 615 g/mol. The van der Waals surface area contributed by atoms with Gasteiger partial charge in [0.15, 0.2) is 11.9 Å². The van der Waals surface area contributed by atoms with Gasteiger partial charge in [0.25, 0.3) is 0 Å². The highest BCUT2D eigenvalue weighted by molar-refractivity contribution is 5.78. The third kappa shape index (κ3) is 6.73. The minimum absolute atomic E-state index is 0.0327. The number of pyridine rings is 1. The van der Waals surface area contributed by atoms with Gasteiger partial charge in [-0.2, -0.15) is 36.5 Å². The topological polar surface area (TPSA) is 120 Å². The smallest absolute Gasteiger partial charge is 0.417 e. The van der Waals surface area contributed by atoms with Crippen molar-refractivity contribution in [1.29, 1.82) is 0 Å². The number of aromatic nitrogens is 5. The minimum atomic E-state index is -5.17. The first-order valence-electron chi connectivity index (χ1n) is 12.8. The Labute approximate surface area is 248 Å². The molecule has 0 aliphatic carbocycles. The summed E-state index contributed by atoms with van der Waals surface area (Å²) in [4.78, 5) is 32.7. The van der Waals surface area contributed by atoms with Crippen molar-refractivity contribution in [2.45, 2.75) is 24.8 Å². The van der Waals surface area contributed by atoms with E-state index >= 15 is 0 Å². The zero-order valence-electron chi connectivity index (χ0n) is 22.5. The number of ether oxygens (including phenoxy) is 1. The van der Waals surface area contributed by atoms with Gasteiger partial charge in [0.05, 0.1) is 40.2 Å². The third-order valence-corrected chi connectivity index (χ3v) is 6.48. The van der Waals surface area contributed by atoms with E-state index in [2.05, 4.69) is 20.2 Å². The molecule has 1 unspecified atom stereocenters. The Morgan fingerprint density at radius 3 is 2.22 bits per heavy atom. The number of aliphatic carboxylic acids is 1. The fourth-order valence-electron chi connectivity index (χ4n) is 4.37. The molecule has 3 heterocycles. The van der Waals surface area contributed by atoms with E-state index in [4.69, 9.17) is 9.84 Å². The number of fused-ring (bicyclic) bond motifs is 1. The van der Waals surface area contributed by atoms with Crippen LogP contribution in [0.4, 0.5) is 30.7 Å². The Morgan fingerprint density at radius 1 is 0.844 bits per heavy atom. The number of esters is 1. The summed E-state index contributed by atoms with van der Waals surface area (Å²) in [6.07, 6.45) is -7.99. The zero-order valence-corrected chi connectivity index (χ0v) is 22.5. The number of carboxylic acids is 1. The molecule has 9 nitrogen and oxygen atoms in total. The molecule has 1 atom stereocenters. The third-order valence-electron chi connectivity index (χ3n) is 6.48. The number of imidazole rings is 1. The van der Waals surface area contributed by atoms with Gasteiger partial charge >= 0.3 is 24.3 Å². The first kappa shape index (κ1) is 31.0. The highest BCUT2D eigenvalue weighted by Gasteiger charge is 2.39. The van der Waals surface area contributed by atoms with Crippen molar-refractivity contribution in [3.8, 4) is 34.0 Å². The van der Waals surface area contributed by atoms with Crippen molar-refractivity contribution < 1.29 is 50.2 Å². The average molecular weight is 633 g/mol. The fraction of sp³-hybridized carbons (Fsp3) is 0.172. The second-order valence-electron chi connectivity index (χ2n) is 9.50. The van der Waals surface area contributed by atoms with Crippen LogP contribution in [0, 0.1) is 5.82 Å². The molecule has 45 heavy (non-hydrogen) atoms. The Bertz CT molecular complexity index is 1840. The van der Waals surface area contributed by atoms with Crippen molar-refractivity contribution in [3.05, 3.63) is 95.7 Å². The van der Waals surface area contributed by atoms with Crippen LogP contribution in [0.3, 0.4) is 0 Å². The molecule has 0 radical (unpaired) electrons. The highest BCUT2D eigenvalue weighted by Crippen LogP contribution is 2.40. The van der Waals surface area contributed by atoms with Crippen LogP contribution >= 0.6 is 0 Å². The van der Waals surface area contributed by atoms with E-state index in [-0.39, 0.29) is 28.8 Å². The second-order valence-corrected chi connectivity index (χ2v) is 9.50. The summed E-state index contributed by atoms with van der Waals surface area (Å²) < 4.78 is 101. The molecule has 1 N–H and O–H groups in total. The molecule has 2 aliphatic heterocycles. The predicted octanol–water partition coefficient (Wildman–Crippen LogP) is 6.29. The van der Waals surface area contributed by atoms with Crippen LogP contribution in [-0.4, -0.2) is 48.4 Å². The van der Waals surface area contributed by atoms with Gasteiger partial charge in [-0.05, 0) is 42.5 Å². The standard InChI is InChI=1S/C29H18F7N5O4/c30-19-4-2-1-3-17(19)26-37-21-9-11-41(14-23(21)38-26)25(27(44)45-12-10-24(42)43)22-8-7-20(39-40-22)16-6-5-15(28(31,32)33)13-18(16)29(34,35)36/h1-9,11,13-14,25H,10,12H2,(H,42,43). The van der Waals surface area contributed by atoms with Gasteiger partial charge in [-0.3, -0.25) is 4.79 Å². The number of carboxylic acid groups (broad SMARTS) is 1. The molecule has 3 aromatic rings. The number of nitrogens with zero attached hydrogens (tertiary/aromatic N) is 5. The normalized spacial score (nSPS) is 12.7. The van der Waals surface area contributed by atoms with Gasteiger partial charge in [-0.15, -0.1) is 0 Å². The summed E-state index contributed by atoms with van der Waals surface area (Å²) >= 11 is 0. The van der Waals surface area contributed by atoms with Gasteiger partial charge in [0.2, 0.25) is 0 Å². The lowest BCUT2D eigenvalue weighted by molar-refractivity contribution is -0.149. The summed E-state index contributed by atoms with van der Waals surface area (Å²) in [6.45, 7) is -0.521. The van der Waals surface area contributed by atoms with Crippen LogP contribution in [0.15, 0.2) is 73.1 Å². The molecule has 2 aromatic carbocycles. The summed E-state index contributed by atoms with van der Waals surface area (Å²) in [5, 5.41) is 16.5. The van der Waals surface area contributed by atoms with Gasteiger partial charge in [0, 0.05) is 18.0 Å².